The number of piperazine rings is 1. The van der Waals surface area contributed by atoms with Gasteiger partial charge in [-0.3, -0.25) is 9.59 Å². The van der Waals surface area contributed by atoms with Gasteiger partial charge < -0.3 is 9.80 Å². The molecule has 0 radical (unpaired) electrons. The lowest BCUT2D eigenvalue weighted by Gasteiger charge is -2.35. The fraction of sp³-hybridized carbons (Fsp3) is 0.667. The van der Waals surface area contributed by atoms with Crippen LogP contribution in [0, 0.1) is 5.92 Å². The summed E-state index contributed by atoms with van der Waals surface area (Å²) in [6.45, 7) is 1.91. The Hall–Kier alpha value is -1.45. The normalized spacial score (nSPS) is 25.5. The van der Waals surface area contributed by atoms with E-state index in [2.05, 4.69) is 0 Å². The Labute approximate surface area is 164 Å². The van der Waals surface area contributed by atoms with Crippen molar-refractivity contribution in [1.82, 2.24) is 14.1 Å². The molecule has 0 spiro atoms. The zero-order chi connectivity index (χ0) is 19.0. The molecule has 2 amide bonds. The molecule has 2 saturated heterocycles. The van der Waals surface area contributed by atoms with Crippen molar-refractivity contribution in [3.05, 3.63) is 17.5 Å². The highest BCUT2D eigenvalue weighted by Crippen LogP contribution is 2.30. The predicted octanol–water partition coefficient (Wildman–Crippen LogP) is 1.37. The van der Waals surface area contributed by atoms with Crippen LogP contribution in [0.2, 0.25) is 0 Å². The molecule has 27 heavy (non-hydrogen) atoms. The number of nitrogens with zero attached hydrogens (tertiary/aromatic N) is 3. The molecule has 3 fully saturated rings. The maximum absolute atomic E-state index is 12.9. The Morgan fingerprint density at radius 1 is 1.11 bits per heavy atom. The number of sulfonamides is 1. The van der Waals surface area contributed by atoms with Crippen molar-refractivity contribution in [2.75, 3.05) is 32.7 Å². The summed E-state index contributed by atoms with van der Waals surface area (Å²) in [5.74, 6) is -0.185. The van der Waals surface area contributed by atoms with Crippen molar-refractivity contribution >= 4 is 33.2 Å². The topological polar surface area (TPSA) is 78.0 Å². The third-order valence-corrected chi connectivity index (χ3v) is 9.18. The largest absolute Gasteiger partial charge is 0.340 e. The van der Waals surface area contributed by atoms with E-state index in [1.807, 2.05) is 4.90 Å². The molecule has 4 rings (SSSR count). The van der Waals surface area contributed by atoms with Crippen molar-refractivity contribution in [3.8, 4) is 0 Å². The lowest BCUT2D eigenvalue weighted by molar-refractivity contribution is -0.137. The van der Waals surface area contributed by atoms with Crippen molar-refractivity contribution < 1.29 is 18.0 Å². The number of hydrogen-bond acceptors (Lipinski definition) is 5. The number of rotatable bonds is 4. The van der Waals surface area contributed by atoms with Crippen molar-refractivity contribution in [2.24, 2.45) is 5.92 Å². The summed E-state index contributed by atoms with van der Waals surface area (Å²) in [5, 5.41) is 1.75. The van der Waals surface area contributed by atoms with Gasteiger partial charge in [0.2, 0.25) is 11.8 Å². The molecule has 9 heteroatoms. The zero-order valence-corrected chi connectivity index (χ0v) is 16.9. The number of amides is 2. The van der Waals surface area contributed by atoms with E-state index < -0.39 is 10.0 Å². The molecular weight excluding hydrogens is 386 g/mol. The minimum absolute atomic E-state index is 0.00276. The van der Waals surface area contributed by atoms with Crippen LogP contribution in [0.25, 0.3) is 0 Å². The second kappa shape index (κ2) is 7.52. The zero-order valence-electron chi connectivity index (χ0n) is 15.2. The Kier molecular flexibility index (Phi) is 5.26. The van der Waals surface area contributed by atoms with Gasteiger partial charge in [-0.2, -0.15) is 4.31 Å². The SMILES string of the molecule is O=C([C@@H]1CC(=O)N(C2CCCC2)C1)N1CCN(S(=O)(=O)c2cccs2)CC1. The molecule has 3 heterocycles. The van der Waals surface area contributed by atoms with Gasteiger partial charge in [-0.25, -0.2) is 8.42 Å². The van der Waals surface area contributed by atoms with Gasteiger partial charge in [0.15, 0.2) is 0 Å². The Morgan fingerprint density at radius 3 is 2.44 bits per heavy atom. The minimum Gasteiger partial charge on any atom is -0.340 e. The van der Waals surface area contributed by atoms with E-state index in [9.17, 15) is 18.0 Å². The Bertz CT molecular complexity index is 795. The van der Waals surface area contributed by atoms with Crippen LogP contribution in [0.3, 0.4) is 0 Å². The second-order valence-electron chi connectivity index (χ2n) is 7.55. The molecule has 2 aliphatic heterocycles. The summed E-state index contributed by atoms with van der Waals surface area (Å²) >= 11 is 1.21. The first-order valence-corrected chi connectivity index (χ1v) is 11.9. The maximum Gasteiger partial charge on any atom is 0.252 e. The quantitative estimate of drug-likeness (QED) is 0.750. The van der Waals surface area contributed by atoms with Gasteiger partial charge in [0, 0.05) is 45.2 Å². The summed E-state index contributed by atoms with van der Waals surface area (Å²) in [6.07, 6.45) is 4.71. The van der Waals surface area contributed by atoms with E-state index in [1.165, 1.54) is 15.6 Å². The van der Waals surface area contributed by atoms with E-state index >= 15 is 0 Å². The van der Waals surface area contributed by atoms with E-state index in [-0.39, 0.29) is 17.7 Å². The van der Waals surface area contributed by atoms with Crippen molar-refractivity contribution in [3.63, 3.8) is 0 Å². The minimum atomic E-state index is -3.46. The van der Waals surface area contributed by atoms with Crippen molar-refractivity contribution in [1.29, 1.82) is 0 Å². The summed E-state index contributed by atoms with van der Waals surface area (Å²) in [5.41, 5.74) is 0. The monoisotopic (exact) mass is 411 g/mol. The lowest BCUT2D eigenvalue weighted by Crippen LogP contribution is -2.52. The standard InChI is InChI=1S/C18H25N3O4S2/c22-16-12-14(13-21(16)15-4-1-2-5-15)18(23)19-7-9-20(10-8-19)27(24,25)17-6-3-11-26-17/h3,6,11,14-15H,1-2,4-5,7-10,12-13H2/t14-/m1/s1. The van der Waals surface area contributed by atoms with Crippen LogP contribution in [-0.2, 0) is 19.6 Å². The summed E-state index contributed by atoms with van der Waals surface area (Å²) in [7, 11) is -3.46. The molecule has 0 N–H and O–H groups in total. The van der Waals surface area contributed by atoms with Gasteiger partial charge in [0.25, 0.3) is 10.0 Å². The molecule has 0 bridgehead atoms. The van der Waals surface area contributed by atoms with Crippen molar-refractivity contribution in [2.45, 2.75) is 42.4 Å². The lowest BCUT2D eigenvalue weighted by atomic mass is 10.1. The second-order valence-corrected chi connectivity index (χ2v) is 10.7. The maximum atomic E-state index is 12.9. The Morgan fingerprint density at radius 2 is 1.81 bits per heavy atom. The van der Waals surface area contributed by atoms with Gasteiger partial charge in [0.1, 0.15) is 4.21 Å². The summed E-state index contributed by atoms with van der Waals surface area (Å²) < 4.78 is 27.0. The molecule has 148 valence electrons. The molecule has 1 atom stereocenters. The summed E-state index contributed by atoms with van der Waals surface area (Å²) in [4.78, 5) is 28.9. The van der Waals surface area contributed by atoms with Gasteiger partial charge in [-0.05, 0) is 24.3 Å². The number of likely N-dealkylation sites (tertiary alicyclic amines) is 1. The van der Waals surface area contributed by atoms with Crippen LogP contribution < -0.4 is 0 Å². The van der Waals surface area contributed by atoms with E-state index in [1.54, 1.807) is 22.4 Å². The molecule has 3 aliphatic rings. The third-order valence-electron chi connectivity index (χ3n) is 5.91. The highest BCUT2D eigenvalue weighted by Gasteiger charge is 2.41. The van der Waals surface area contributed by atoms with Gasteiger partial charge >= 0.3 is 0 Å². The predicted molar refractivity (Wildman–Crippen MR) is 102 cm³/mol. The number of carbonyl (C=O) groups excluding carboxylic acids is 2. The molecule has 0 unspecified atom stereocenters. The van der Waals surface area contributed by atoms with Gasteiger partial charge in [-0.1, -0.05) is 18.9 Å². The fourth-order valence-corrected chi connectivity index (χ4v) is 6.98. The molecule has 7 nitrogen and oxygen atoms in total. The first-order valence-electron chi connectivity index (χ1n) is 9.59. The number of hydrogen-bond donors (Lipinski definition) is 0. The van der Waals surface area contributed by atoms with Crippen LogP contribution in [0.5, 0.6) is 0 Å². The smallest absolute Gasteiger partial charge is 0.252 e. The first-order chi connectivity index (χ1) is 13.0. The molecule has 0 aromatic carbocycles. The molecule has 1 aromatic rings. The fourth-order valence-electron chi connectivity index (χ4n) is 4.41. The van der Waals surface area contributed by atoms with Gasteiger partial charge in [0.05, 0.1) is 5.92 Å². The number of carbonyl (C=O) groups is 2. The average molecular weight is 412 g/mol. The molecule has 1 saturated carbocycles. The highest BCUT2D eigenvalue weighted by molar-refractivity contribution is 7.91. The van der Waals surface area contributed by atoms with Crippen LogP contribution in [0.15, 0.2) is 21.7 Å². The van der Waals surface area contributed by atoms with Crippen LogP contribution in [-0.4, -0.2) is 73.1 Å². The van der Waals surface area contributed by atoms with Crippen LogP contribution >= 0.6 is 11.3 Å². The number of thiophene rings is 1. The Balaban J connectivity index is 1.34. The highest BCUT2D eigenvalue weighted by atomic mass is 32.2. The first kappa shape index (κ1) is 18.9. The average Bonchev–Trinajstić information content (AvgIpc) is 3.42. The third kappa shape index (κ3) is 3.64. The van der Waals surface area contributed by atoms with E-state index in [4.69, 9.17) is 0 Å². The summed E-state index contributed by atoms with van der Waals surface area (Å²) in [6, 6.07) is 3.65. The molecule has 1 aliphatic carbocycles. The van der Waals surface area contributed by atoms with Crippen LogP contribution in [0.4, 0.5) is 0 Å². The molecule has 1 aromatic heterocycles. The van der Waals surface area contributed by atoms with E-state index in [0.717, 1.165) is 25.7 Å². The molecular formula is C18H25N3O4S2. The van der Waals surface area contributed by atoms with E-state index in [0.29, 0.717) is 49.4 Å². The van der Waals surface area contributed by atoms with Gasteiger partial charge in [-0.15, -0.1) is 11.3 Å². The van der Waals surface area contributed by atoms with Crippen LogP contribution in [0.1, 0.15) is 32.1 Å².